The number of benzene rings is 13. The van der Waals surface area contributed by atoms with Crippen LogP contribution in [0.25, 0.3) is 99.5 Å². The van der Waals surface area contributed by atoms with E-state index in [1.807, 2.05) is 47.0 Å². The molecule has 86 heavy (non-hydrogen) atoms. The second-order valence-electron chi connectivity index (χ2n) is 22.9. The number of hydrogen-bond donors (Lipinski definition) is 0. The fraction of sp³-hybridized carbons (Fsp3) is 0. The molecule has 2 aromatic heterocycles. The first-order valence-corrected chi connectivity index (χ1v) is 32.7. The molecule has 2 nitrogen and oxygen atoms in total. The van der Waals surface area contributed by atoms with Gasteiger partial charge in [0.15, 0.2) is 0 Å². The lowest BCUT2D eigenvalue weighted by Gasteiger charge is -2.33. The van der Waals surface area contributed by atoms with Gasteiger partial charge >= 0.3 is 0 Å². The molecule has 0 saturated carbocycles. The van der Waals surface area contributed by atoms with Gasteiger partial charge in [-0.3, -0.25) is 0 Å². The van der Waals surface area contributed by atoms with E-state index in [4.69, 9.17) is 0 Å². The summed E-state index contributed by atoms with van der Waals surface area (Å²) in [5.74, 6) is 0. The van der Waals surface area contributed by atoms with Gasteiger partial charge in [0.1, 0.15) is 0 Å². The molecule has 0 fully saturated rings. The summed E-state index contributed by atoms with van der Waals surface area (Å²) in [5.41, 5.74) is 25.2. The molecule has 8 heteroatoms. The maximum Gasteiger partial charge on any atom is 0.247 e. The molecule has 0 amide bonds. The van der Waals surface area contributed by atoms with Crippen LogP contribution in [0.2, 0.25) is 0 Å². The standard InChI is InChI=1S/C78H46B2N2S4/c1-3-19-53(20-4-1)81-61-29-13-7-23-55(61)73-72(50-41-37-48(38-42-50)52-45-69-76-70(46-52)86-66-34-18-12-28-60(66)80(76)59-27-11-17-33-65(59)85-69)78-74(56-24-8-14-30-62(56)82(78)54-21-5-2-6-22-54)71(77(73)81)49-39-35-47(36-40-49)51-43-67-75-68(44-51)84-64-32-16-10-26-58(64)79(75)57-25-9-15-31-63(57)83-67/h1-46H. The van der Waals surface area contributed by atoms with Gasteiger partial charge in [-0.15, -0.1) is 0 Å². The number of aromatic nitrogens is 2. The van der Waals surface area contributed by atoms with Crippen LogP contribution in [0.15, 0.2) is 318 Å². The lowest BCUT2D eigenvalue weighted by atomic mass is 9.36. The zero-order valence-corrected chi connectivity index (χ0v) is 49.5. The molecule has 6 heterocycles. The Labute approximate surface area is 516 Å². The van der Waals surface area contributed by atoms with Crippen LogP contribution in [-0.2, 0) is 0 Å². The molecule has 13 aromatic carbocycles. The van der Waals surface area contributed by atoms with Crippen molar-refractivity contribution in [3.8, 4) is 55.9 Å². The minimum Gasteiger partial charge on any atom is -0.309 e. The molecular weight excluding hydrogens is 1110 g/mol. The van der Waals surface area contributed by atoms with Gasteiger partial charge in [0.25, 0.3) is 0 Å². The normalized spacial score (nSPS) is 13.3. The largest absolute Gasteiger partial charge is 0.309 e. The molecule has 0 saturated heterocycles. The van der Waals surface area contributed by atoms with E-state index in [9.17, 15) is 0 Å². The number of nitrogens with zero attached hydrogens (tertiary/aromatic N) is 2. The maximum absolute atomic E-state index is 2.55. The van der Waals surface area contributed by atoms with Gasteiger partial charge in [-0.05, 0) is 129 Å². The van der Waals surface area contributed by atoms with Gasteiger partial charge in [-0.1, -0.05) is 263 Å². The van der Waals surface area contributed by atoms with Crippen LogP contribution in [0, 0.1) is 0 Å². The van der Waals surface area contributed by atoms with E-state index in [0.29, 0.717) is 0 Å². The zero-order valence-electron chi connectivity index (χ0n) is 46.2. The summed E-state index contributed by atoms with van der Waals surface area (Å²) in [6.45, 7) is 0.440. The van der Waals surface area contributed by atoms with Crippen LogP contribution in [0.4, 0.5) is 0 Å². The summed E-state index contributed by atoms with van der Waals surface area (Å²) in [5, 5.41) is 4.90. The lowest BCUT2D eigenvalue weighted by molar-refractivity contribution is 1.17. The number of fused-ring (bicyclic) bond motifs is 14. The van der Waals surface area contributed by atoms with Crippen LogP contribution in [-0.4, -0.2) is 22.6 Å². The molecule has 0 spiro atoms. The third kappa shape index (κ3) is 7.31. The van der Waals surface area contributed by atoms with Crippen LogP contribution in [0.1, 0.15) is 0 Å². The SMILES string of the molecule is c1ccc(-n2c3ccccc3c3c(-c4ccc(-c5cc6c7c(c5)Sc5ccccc5B7c5ccccc5S6)cc4)c4c(c(-c5ccc(-c6cc7c8c(c6)Sc6ccccc6B8c6ccccc6S7)cc5)c32)c2ccccc2n4-c2ccccc2)cc1. The third-order valence-corrected chi connectivity index (χ3v) is 22.9. The molecule has 15 aromatic rings. The highest BCUT2D eigenvalue weighted by Gasteiger charge is 2.40. The zero-order chi connectivity index (χ0) is 56.1. The first-order chi connectivity index (χ1) is 42.7. The Hall–Kier alpha value is -9.01. The summed E-state index contributed by atoms with van der Waals surface area (Å²) in [6.07, 6.45) is 0. The second-order valence-corrected chi connectivity index (χ2v) is 27.3. The molecule has 4 aliphatic rings. The topological polar surface area (TPSA) is 9.86 Å². The van der Waals surface area contributed by atoms with Crippen LogP contribution >= 0.6 is 47.0 Å². The van der Waals surface area contributed by atoms with Crippen molar-refractivity contribution in [2.45, 2.75) is 39.2 Å². The van der Waals surface area contributed by atoms with E-state index < -0.39 is 0 Å². The fourth-order valence-corrected chi connectivity index (χ4v) is 19.7. The van der Waals surface area contributed by atoms with Crippen molar-refractivity contribution in [2.24, 2.45) is 0 Å². The van der Waals surface area contributed by atoms with Gasteiger partial charge in [-0.2, -0.15) is 0 Å². The first-order valence-electron chi connectivity index (χ1n) is 29.4. The fourth-order valence-electron chi connectivity index (χ4n) is 14.7. The highest BCUT2D eigenvalue weighted by atomic mass is 32.2. The van der Waals surface area contributed by atoms with Crippen molar-refractivity contribution in [3.05, 3.63) is 279 Å². The first kappa shape index (κ1) is 49.3. The summed E-state index contributed by atoms with van der Waals surface area (Å²) in [6, 6.07) is 105. The van der Waals surface area contributed by atoms with Crippen molar-refractivity contribution in [1.29, 1.82) is 0 Å². The van der Waals surface area contributed by atoms with Gasteiger partial charge in [0.2, 0.25) is 13.4 Å². The van der Waals surface area contributed by atoms with Gasteiger partial charge in [-0.25, -0.2) is 0 Å². The Kier molecular flexibility index (Phi) is 11.0. The minimum atomic E-state index is 0.220. The molecule has 0 unspecified atom stereocenters. The smallest absolute Gasteiger partial charge is 0.247 e. The van der Waals surface area contributed by atoms with Crippen LogP contribution in [0.5, 0.6) is 0 Å². The second kappa shape index (κ2) is 19.3. The molecule has 19 rings (SSSR count). The highest BCUT2D eigenvalue weighted by molar-refractivity contribution is 8.02. The average Bonchev–Trinajstić information content (AvgIpc) is 1.77. The monoisotopic (exact) mass is 1160 g/mol. The lowest BCUT2D eigenvalue weighted by Crippen LogP contribution is -2.57. The minimum absolute atomic E-state index is 0.220. The Bertz CT molecular complexity index is 4890. The third-order valence-electron chi connectivity index (χ3n) is 18.4. The average molecular weight is 1160 g/mol. The number of para-hydroxylation sites is 4. The van der Waals surface area contributed by atoms with E-state index in [2.05, 4.69) is 288 Å². The van der Waals surface area contributed by atoms with Gasteiger partial charge in [0, 0.05) is 83.2 Å². The number of rotatable bonds is 6. The maximum atomic E-state index is 2.55. The Morgan fingerprint density at radius 3 is 0.884 bits per heavy atom. The highest BCUT2D eigenvalue weighted by Crippen LogP contribution is 2.53. The van der Waals surface area contributed by atoms with E-state index >= 15 is 0 Å². The van der Waals surface area contributed by atoms with E-state index in [-0.39, 0.29) is 13.4 Å². The van der Waals surface area contributed by atoms with E-state index in [1.165, 1.54) is 160 Å². The molecule has 398 valence electrons. The van der Waals surface area contributed by atoms with E-state index in [0.717, 1.165) is 11.4 Å². The van der Waals surface area contributed by atoms with Crippen molar-refractivity contribution < 1.29 is 0 Å². The Morgan fingerprint density at radius 1 is 0.244 bits per heavy atom. The van der Waals surface area contributed by atoms with E-state index in [1.54, 1.807) is 0 Å². The number of hydrogen-bond acceptors (Lipinski definition) is 4. The van der Waals surface area contributed by atoms with Crippen molar-refractivity contribution in [2.75, 3.05) is 0 Å². The summed E-state index contributed by atoms with van der Waals surface area (Å²) >= 11 is 7.69. The molecule has 0 atom stereocenters. The molecular formula is C78H46B2N2S4. The predicted octanol–water partition coefficient (Wildman–Crippen LogP) is 17.4. The molecule has 0 radical (unpaired) electrons. The Balaban J connectivity index is 0.842. The molecule has 0 bridgehead atoms. The quantitative estimate of drug-likeness (QED) is 0.153. The van der Waals surface area contributed by atoms with Gasteiger partial charge in [0.05, 0.1) is 22.1 Å². The molecule has 4 aliphatic heterocycles. The summed E-state index contributed by atoms with van der Waals surface area (Å²) in [7, 11) is 0. The van der Waals surface area contributed by atoms with Crippen molar-refractivity contribution >= 4 is 137 Å². The van der Waals surface area contributed by atoms with Crippen molar-refractivity contribution in [3.63, 3.8) is 0 Å². The molecule has 0 aliphatic carbocycles. The molecule has 0 N–H and O–H groups in total. The van der Waals surface area contributed by atoms with Gasteiger partial charge < -0.3 is 9.13 Å². The Morgan fingerprint density at radius 2 is 0.535 bits per heavy atom. The summed E-state index contributed by atoms with van der Waals surface area (Å²) in [4.78, 5) is 10.8. The van der Waals surface area contributed by atoms with Crippen LogP contribution in [0.3, 0.4) is 0 Å². The van der Waals surface area contributed by atoms with Crippen LogP contribution < -0.4 is 32.8 Å². The summed E-state index contributed by atoms with van der Waals surface area (Å²) < 4.78 is 5.10. The predicted molar refractivity (Wildman–Crippen MR) is 368 cm³/mol. The van der Waals surface area contributed by atoms with Crippen molar-refractivity contribution in [1.82, 2.24) is 9.13 Å².